The van der Waals surface area contributed by atoms with Crippen LogP contribution in [-0.2, 0) is 6.54 Å². The number of fused-ring (bicyclic) bond motifs is 1. The van der Waals surface area contributed by atoms with Gasteiger partial charge in [-0.25, -0.2) is 0 Å². The second-order valence-corrected chi connectivity index (χ2v) is 6.60. The molecule has 112 valence electrons. The Morgan fingerprint density at radius 2 is 2.10 bits per heavy atom. The van der Waals surface area contributed by atoms with Crippen molar-refractivity contribution in [2.45, 2.75) is 45.7 Å². The lowest BCUT2D eigenvalue weighted by atomic mass is 9.80. The Morgan fingerprint density at radius 3 is 2.90 bits per heavy atom. The van der Waals surface area contributed by atoms with E-state index in [4.69, 9.17) is 0 Å². The van der Waals surface area contributed by atoms with Crippen molar-refractivity contribution in [3.8, 4) is 0 Å². The quantitative estimate of drug-likeness (QED) is 0.907. The molecule has 3 heteroatoms. The molecule has 0 aliphatic heterocycles. The van der Waals surface area contributed by atoms with E-state index in [2.05, 4.69) is 36.3 Å². The minimum Gasteiger partial charge on any atom is -0.361 e. The molecule has 0 spiro atoms. The summed E-state index contributed by atoms with van der Waals surface area (Å²) in [6, 6.07) is 8.26. The number of nitrogens with one attached hydrogen (secondary N) is 2. The summed E-state index contributed by atoms with van der Waals surface area (Å²) in [5, 5.41) is 4.46. The maximum Gasteiger partial charge on any atom is 0.189 e. The Bertz CT molecular complexity index is 676. The van der Waals surface area contributed by atoms with Crippen molar-refractivity contribution in [3.05, 3.63) is 46.2 Å². The summed E-state index contributed by atoms with van der Waals surface area (Å²) in [6.07, 6.45) is 5.63. The predicted molar refractivity (Wildman–Crippen MR) is 87.4 cm³/mol. The van der Waals surface area contributed by atoms with Crippen molar-refractivity contribution >= 4 is 10.9 Å². The first kappa shape index (κ1) is 14.3. The smallest absolute Gasteiger partial charge is 0.189 e. The number of hydrogen-bond acceptors (Lipinski definition) is 2. The number of aromatic amines is 1. The van der Waals surface area contributed by atoms with E-state index in [-0.39, 0.29) is 5.43 Å². The van der Waals surface area contributed by atoms with Crippen LogP contribution in [0.15, 0.2) is 35.3 Å². The van der Waals surface area contributed by atoms with Gasteiger partial charge in [0, 0.05) is 35.8 Å². The van der Waals surface area contributed by atoms with Gasteiger partial charge in [0.2, 0.25) is 0 Å². The van der Waals surface area contributed by atoms with Gasteiger partial charge in [-0.15, -0.1) is 0 Å². The van der Waals surface area contributed by atoms with Gasteiger partial charge in [0.15, 0.2) is 5.43 Å². The maximum atomic E-state index is 11.7. The normalized spacial score (nSPS) is 26.1. The standard InChI is InChI=1S/C18H24N2O/c1-12-3-6-16(13(2)9-12)20-11-14-4-5-15-17(10-14)19-8-7-18(15)21/h4-5,7-8,10,12-13,16,20H,3,6,9,11H2,1-2H3,(H,19,21). The summed E-state index contributed by atoms with van der Waals surface area (Å²) in [7, 11) is 0. The second-order valence-electron chi connectivity index (χ2n) is 6.60. The van der Waals surface area contributed by atoms with Gasteiger partial charge in [0.25, 0.3) is 0 Å². The van der Waals surface area contributed by atoms with E-state index >= 15 is 0 Å². The Morgan fingerprint density at radius 1 is 1.24 bits per heavy atom. The van der Waals surface area contributed by atoms with E-state index in [1.54, 1.807) is 12.3 Å². The van der Waals surface area contributed by atoms with Crippen LogP contribution >= 0.6 is 0 Å². The van der Waals surface area contributed by atoms with Gasteiger partial charge in [0.1, 0.15) is 0 Å². The van der Waals surface area contributed by atoms with Crippen LogP contribution in [0, 0.1) is 11.8 Å². The van der Waals surface area contributed by atoms with Gasteiger partial charge in [-0.05, 0) is 48.8 Å². The number of hydrogen-bond donors (Lipinski definition) is 2. The lowest BCUT2D eigenvalue weighted by Gasteiger charge is -2.33. The first-order valence-corrected chi connectivity index (χ1v) is 7.97. The fourth-order valence-electron chi connectivity index (χ4n) is 3.55. The monoisotopic (exact) mass is 284 g/mol. The van der Waals surface area contributed by atoms with Crippen LogP contribution in [0.5, 0.6) is 0 Å². The molecule has 0 bridgehead atoms. The van der Waals surface area contributed by atoms with Crippen molar-refractivity contribution < 1.29 is 0 Å². The topological polar surface area (TPSA) is 44.9 Å². The van der Waals surface area contributed by atoms with E-state index in [0.29, 0.717) is 6.04 Å². The van der Waals surface area contributed by atoms with Crippen molar-refractivity contribution in [3.63, 3.8) is 0 Å². The molecule has 21 heavy (non-hydrogen) atoms. The van der Waals surface area contributed by atoms with Gasteiger partial charge in [-0.3, -0.25) is 4.79 Å². The molecule has 2 aromatic rings. The number of aromatic nitrogens is 1. The van der Waals surface area contributed by atoms with Crippen molar-refractivity contribution in [2.75, 3.05) is 0 Å². The molecule has 0 saturated heterocycles. The second kappa shape index (κ2) is 6.02. The number of pyridine rings is 1. The lowest BCUT2D eigenvalue weighted by Crippen LogP contribution is -2.38. The molecule has 3 rings (SSSR count). The van der Waals surface area contributed by atoms with Crippen LogP contribution in [0.1, 0.15) is 38.7 Å². The van der Waals surface area contributed by atoms with E-state index in [1.807, 2.05) is 6.07 Å². The molecule has 1 aliphatic rings. The first-order chi connectivity index (χ1) is 10.1. The van der Waals surface area contributed by atoms with Gasteiger partial charge in [0.05, 0.1) is 0 Å². The van der Waals surface area contributed by atoms with E-state index in [1.165, 1.54) is 24.8 Å². The molecule has 1 aromatic carbocycles. The van der Waals surface area contributed by atoms with Crippen LogP contribution in [0.3, 0.4) is 0 Å². The average molecular weight is 284 g/mol. The van der Waals surface area contributed by atoms with Gasteiger partial charge < -0.3 is 10.3 Å². The predicted octanol–water partition coefficient (Wildman–Crippen LogP) is 3.44. The molecule has 0 radical (unpaired) electrons. The molecule has 1 aliphatic carbocycles. The highest BCUT2D eigenvalue weighted by molar-refractivity contribution is 5.78. The highest BCUT2D eigenvalue weighted by atomic mass is 16.1. The first-order valence-electron chi connectivity index (χ1n) is 7.97. The Hall–Kier alpha value is -1.61. The maximum absolute atomic E-state index is 11.7. The Labute approximate surface area is 125 Å². The third-order valence-electron chi connectivity index (χ3n) is 4.82. The lowest BCUT2D eigenvalue weighted by molar-refractivity contribution is 0.227. The summed E-state index contributed by atoms with van der Waals surface area (Å²) < 4.78 is 0. The number of H-pyrrole nitrogens is 1. The molecule has 3 unspecified atom stereocenters. The zero-order valence-corrected chi connectivity index (χ0v) is 12.9. The summed E-state index contributed by atoms with van der Waals surface area (Å²) in [5.41, 5.74) is 2.24. The molecule has 2 N–H and O–H groups in total. The Balaban J connectivity index is 1.69. The molecule has 3 atom stereocenters. The van der Waals surface area contributed by atoms with Crippen LogP contribution in [0.25, 0.3) is 10.9 Å². The highest BCUT2D eigenvalue weighted by Gasteiger charge is 2.24. The minimum absolute atomic E-state index is 0.0816. The molecular weight excluding hydrogens is 260 g/mol. The van der Waals surface area contributed by atoms with E-state index in [9.17, 15) is 4.79 Å². The zero-order chi connectivity index (χ0) is 14.8. The van der Waals surface area contributed by atoms with Crippen molar-refractivity contribution in [1.82, 2.24) is 10.3 Å². The summed E-state index contributed by atoms with van der Waals surface area (Å²) >= 11 is 0. The highest BCUT2D eigenvalue weighted by Crippen LogP contribution is 2.28. The fourth-order valence-corrected chi connectivity index (χ4v) is 3.55. The van der Waals surface area contributed by atoms with Gasteiger partial charge >= 0.3 is 0 Å². The molecule has 1 aromatic heterocycles. The molecule has 1 fully saturated rings. The largest absolute Gasteiger partial charge is 0.361 e. The Kier molecular flexibility index (Phi) is 4.11. The van der Waals surface area contributed by atoms with Gasteiger partial charge in [-0.1, -0.05) is 19.9 Å². The molecule has 1 heterocycles. The average Bonchev–Trinajstić information content (AvgIpc) is 2.46. The summed E-state index contributed by atoms with van der Waals surface area (Å²) in [4.78, 5) is 14.9. The van der Waals surface area contributed by atoms with Crippen LogP contribution in [0.2, 0.25) is 0 Å². The number of benzene rings is 1. The van der Waals surface area contributed by atoms with E-state index < -0.39 is 0 Å². The summed E-state index contributed by atoms with van der Waals surface area (Å²) in [6.45, 7) is 5.58. The molecule has 1 saturated carbocycles. The minimum atomic E-state index is 0.0816. The SMILES string of the molecule is CC1CCC(NCc2ccc3c(=O)cc[nH]c3c2)C(C)C1. The molecule has 3 nitrogen and oxygen atoms in total. The fraction of sp³-hybridized carbons (Fsp3) is 0.500. The summed E-state index contributed by atoms with van der Waals surface area (Å²) in [5.74, 6) is 1.61. The van der Waals surface area contributed by atoms with Crippen LogP contribution in [-0.4, -0.2) is 11.0 Å². The van der Waals surface area contributed by atoms with E-state index in [0.717, 1.165) is 29.3 Å². The number of rotatable bonds is 3. The third-order valence-corrected chi connectivity index (χ3v) is 4.82. The van der Waals surface area contributed by atoms with Gasteiger partial charge in [-0.2, -0.15) is 0 Å². The van der Waals surface area contributed by atoms with Crippen molar-refractivity contribution in [2.24, 2.45) is 11.8 Å². The zero-order valence-electron chi connectivity index (χ0n) is 12.9. The van der Waals surface area contributed by atoms with Crippen LogP contribution in [0.4, 0.5) is 0 Å². The van der Waals surface area contributed by atoms with Crippen LogP contribution < -0.4 is 10.7 Å². The molecule has 0 amide bonds. The van der Waals surface area contributed by atoms with Crippen molar-refractivity contribution in [1.29, 1.82) is 0 Å². The third kappa shape index (κ3) is 3.18. The molecular formula is C18H24N2O.